The highest BCUT2D eigenvalue weighted by atomic mass is 15.3. The van der Waals surface area contributed by atoms with E-state index in [4.69, 9.17) is 9.97 Å². The molecule has 5 nitrogen and oxygen atoms in total. The number of anilines is 3. The van der Waals surface area contributed by atoms with Crippen LogP contribution in [0.4, 0.5) is 17.5 Å². The Morgan fingerprint density at radius 1 is 0.781 bits per heavy atom. The number of rotatable bonds is 5. The topological polar surface area (TPSA) is 44.3 Å². The Balaban J connectivity index is 1.37. The molecule has 1 fully saturated rings. The highest BCUT2D eigenvalue weighted by Crippen LogP contribution is 2.27. The first-order valence-corrected chi connectivity index (χ1v) is 11.3. The number of fused-ring (bicyclic) bond motifs is 1. The van der Waals surface area contributed by atoms with Gasteiger partial charge in [-0.15, -0.1) is 0 Å². The van der Waals surface area contributed by atoms with Gasteiger partial charge in [0, 0.05) is 43.8 Å². The number of hydrogen-bond donors (Lipinski definition) is 1. The third-order valence-electron chi connectivity index (χ3n) is 6.16. The van der Waals surface area contributed by atoms with Crippen molar-refractivity contribution < 1.29 is 0 Å². The molecule has 0 aliphatic carbocycles. The largest absolute Gasteiger partial charge is 0.368 e. The number of nitrogens with zero attached hydrogens (tertiary/aromatic N) is 4. The van der Waals surface area contributed by atoms with E-state index in [9.17, 15) is 0 Å². The molecule has 0 bridgehead atoms. The fourth-order valence-corrected chi connectivity index (χ4v) is 4.33. The average molecular weight is 424 g/mol. The van der Waals surface area contributed by atoms with Gasteiger partial charge in [-0.1, -0.05) is 54.6 Å². The molecule has 0 spiro atoms. The van der Waals surface area contributed by atoms with Gasteiger partial charge in [-0.3, -0.25) is 0 Å². The van der Waals surface area contributed by atoms with Crippen LogP contribution in [0.3, 0.4) is 0 Å². The van der Waals surface area contributed by atoms with Gasteiger partial charge < -0.3 is 15.1 Å². The Kier molecular flexibility index (Phi) is 5.63. The zero-order valence-corrected chi connectivity index (χ0v) is 18.8. The molecular formula is C27H29N5. The molecule has 0 saturated carbocycles. The van der Waals surface area contributed by atoms with Crippen LogP contribution < -0.4 is 15.1 Å². The monoisotopic (exact) mass is 423 g/mol. The summed E-state index contributed by atoms with van der Waals surface area (Å²) in [4.78, 5) is 14.6. The normalized spacial score (nSPS) is 14.1. The average Bonchev–Trinajstić information content (AvgIpc) is 2.84. The molecule has 5 rings (SSSR count). The molecule has 1 aliphatic rings. The van der Waals surface area contributed by atoms with E-state index >= 15 is 0 Å². The van der Waals surface area contributed by atoms with Crippen molar-refractivity contribution in [2.75, 3.05) is 41.3 Å². The lowest BCUT2D eigenvalue weighted by Crippen LogP contribution is -2.47. The molecule has 0 amide bonds. The van der Waals surface area contributed by atoms with E-state index < -0.39 is 0 Å². The third kappa shape index (κ3) is 4.24. The predicted molar refractivity (Wildman–Crippen MR) is 134 cm³/mol. The van der Waals surface area contributed by atoms with Crippen molar-refractivity contribution >= 4 is 28.4 Å². The van der Waals surface area contributed by atoms with Crippen molar-refractivity contribution in [2.45, 2.75) is 20.4 Å². The van der Waals surface area contributed by atoms with Crippen LogP contribution in [0.25, 0.3) is 10.9 Å². The minimum absolute atomic E-state index is 0.738. The third-order valence-corrected chi connectivity index (χ3v) is 6.16. The van der Waals surface area contributed by atoms with Crippen LogP contribution in [0, 0.1) is 13.8 Å². The number of aromatic nitrogens is 2. The van der Waals surface area contributed by atoms with Crippen molar-refractivity contribution in [1.29, 1.82) is 0 Å². The van der Waals surface area contributed by atoms with Gasteiger partial charge in [-0.25, -0.2) is 4.98 Å². The minimum Gasteiger partial charge on any atom is -0.368 e. The minimum atomic E-state index is 0.738. The lowest BCUT2D eigenvalue weighted by atomic mass is 10.1. The first kappa shape index (κ1) is 20.3. The highest BCUT2D eigenvalue weighted by Gasteiger charge is 2.21. The summed E-state index contributed by atoms with van der Waals surface area (Å²) in [5.41, 5.74) is 6.19. The summed E-state index contributed by atoms with van der Waals surface area (Å²) in [7, 11) is 0. The SMILES string of the molecule is Cc1ccc(C)c(N2CCN(c3nc(NCc4ccccc4)c4ccccc4n3)CC2)c1. The Bertz CT molecular complexity index is 1210. The van der Waals surface area contributed by atoms with Crippen molar-refractivity contribution in [1.82, 2.24) is 9.97 Å². The van der Waals surface area contributed by atoms with Crippen molar-refractivity contribution in [3.05, 3.63) is 89.5 Å². The van der Waals surface area contributed by atoms with E-state index in [0.717, 1.165) is 55.4 Å². The van der Waals surface area contributed by atoms with Gasteiger partial charge in [0.2, 0.25) is 5.95 Å². The fourth-order valence-electron chi connectivity index (χ4n) is 4.33. The second-order valence-corrected chi connectivity index (χ2v) is 8.49. The Labute approximate surface area is 189 Å². The number of piperazine rings is 1. The van der Waals surface area contributed by atoms with E-state index in [0.29, 0.717) is 0 Å². The van der Waals surface area contributed by atoms with Gasteiger partial charge in [0.05, 0.1) is 5.52 Å². The first-order chi connectivity index (χ1) is 15.7. The summed E-state index contributed by atoms with van der Waals surface area (Å²) in [6.45, 7) is 8.83. The Morgan fingerprint density at radius 2 is 1.50 bits per heavy atom. The maximum absolute atomic E-state index is 4.95. The molecule has 1 N–H and O–H groups in total. The molecule has 5 heteroatoms. The molecule has 32 heavy (non-hydrogen) atoms. The summed E-state index contributed by atoms with van der Waals surface area (Å²) in [6.07, 6.45) is 0. The molecule has 1 aliphatic heterocycles. The molecule has 162 valence electrons. The zero-order valence-electron chi connectivity index (χ0n) is 18.8. The van der Waals surface area contributed by atoms with E-state index in [1.165, 1.54) is 22.4 Å². The van der Waals surface area contributed by atoms with Crippen LogP contribution in [0.5, 0.6) is 0 Å². The van der Waals surface area contributed by atoms with Gasteiger partial charge in [-0.05, 0) is 48.7 Å². The lowest BCUT2D eigenvalue weighted by molar-refractivity contribution is 0.640. The standard InChI is InChI=1S/C27H29N5/c1-20-12-13-21(2)25(18-20)31-14-16-32(17-15-31)27-29-24-11-7-6-10-23(24)26(30-27)28-19-22-8-4-3-5-9-22/h3-13,18H,14-17,19H2,1-2H3,(H,28,29,30). The van der Waals surface area contributed by atoms with Crippen LogP contribution in [-0.2, 0) is 6.54 Å². The second-order valence-electron chi connectivity index (χ2n) is 8.49. The Morgan fingerprint density at radius 3 is 2.31 bits per heavy atom. The number of aryl methyl sites for hydroxylation is 2. The number of nitrogens with one attached hydrogen (secondary N) is 1. The van der Waals surface area contributed by atoms with Gasteiger partial charge in [0.15, 0.2) is 0 Å². The molecule has 1 aromatic heterocycles. The molecule has 0 atom stereocenters. The first-order valence-electron chi connectivity index (χ1n) is 11.3. The van der Waals surface area contributed by atoms with Crippen molar-refractivity contribution in [3.63, 3.8) is 0 Å². The van der Waals surface area contributed by atoms with E-state index in [1.807, 2.05) is 18.2 Å². The van der Waals surface area contributed by atoms with E-state index in [-0.39, 0.29) is 0 Å². The molecule has 2 heterocycles. The van der Waals surface area contributed by atoms with Gasteiger partial charge >= 0.3 is 0 Å². The fraction of sp³-hybridized carbons (Fsp3) is 0.259. The summed E-state index contributed by atoms with van der Waals surface area (Å²) in [5, 5.41) is 4.60. The predicted octanol–water partition coefficient (Wildman–Crippen LogP) is 5.19. The van der Waals surface area contributed by atoms with Crippen LogP contribution in [-0.4, -0.2) is 36.1 Å². The number of benzene rings is 3. The van der Waals surface area contributed by atoms with E-state index in [2.05, 4.69) is 83.6 Å². The quantitative estimate of drug-likeness (QED) is 0.479. The molecular weight excluding hydrogens is 394 g/mol. The van der Waals surface area contributed by atoms with Gasteiger partial charge in [-0.2, -0.15) is 4.98 Å². The summed E-state index contributed by atoms with van der Waals surface area (Å²) in [5.74, 6) is 1.70. The van der Waals surface area contributed by atoms with Crippen molar-refractivity contribution in [3.8, 4) is 0 Å². The molecule has 3 aromatic carbocycles. The van der Waals surface area contributed by atoms with Crippen LogP contribution >= 0.6 is 0 Å². The van der Waals surface area contributed by atoms with E-state index in [1.54, 1.807) is 0 Å². The van der Waals surface area contributed by atoms with Crippen LogP contribution in [0.2, 0.25) is 0 Å². The number of hydrogen-bond acceptors (Lipinski definition) is 5. The molecule has 0 radical (unpaired) electrons. The van der Waals surface area contributed by atoms with Gasteiger partial charge in [0.1, 0.15) is 5.82 Å². The summed E-state index contributed by atoms with van der Waals surface area (Å²) >= 11 is 0. The molecule has 4 aromatic rings. The lowest BCUT2D eigenvalue weighted by Gasteiger charge is -2.37. The smallest absolute Gasteiger partial charge is 0.228 e. The molecule has 1 saturated heterocycles. The van der Waals surface area contributed by atoms with Crippen molar-refractivity contribution in [2.24, 2.45) is 0 Å². The summed E-state index contributed by atoms with van der Waals surface area (Å²) in [6, 6.07) is 25.4. The molecule has 0 unspecified atom stereocenters. The Hall–Kier alpha value is -3.60. The van der Waals surface area contributed by atoms with Crippen LogP contribution in [0.1, 0.15) is 16.7 Å². The maximum atomic E-state index is 4.95. The van der Waals surface area contributed by atoms with Gasteiger partial charge in [0.25, 0.3) is 0 Å². The second kappa shape index (κ2) is 8.87. The number of para-hydroxylation sites is 1. The zero-order chi connectivity index (χ0) is 21.9. The summed E-state index contributed by atoms with van der Waals surface area (Å²) < 4.78 is 0. The maximum Gasteiger partial charge on any atom is 0.228 e. The van der Waals surface area contributed by atoms with Crippen LogP contribution in [0.15, 0.2) is 72.8 Å². The highest BCUT2D eigenvalue weighted by molar-refractivity contribution is 5.90.